The Labute approximate surface area is 200 Å². The third-order valence-corrected chi connectivity index (χ3v) is 5.95. The molecule has 0 aliphatic carbocycles. The zero-order valence-electron chi connectivity index (χ0n) is 20.0. The van der Waals surface area contributed by atoms with E-state index in [1.54, 1.807) is 17.8 Å². The van der Waals surface area contributed by atoms with Crippen molar-refractivity contribution in [2.75, 3.05) is 31.6 Å². The number of hydrogen-bond acceptors (Lipinski definition) is 6. The molecular formula is C27H31N5O2. The van der Waals surface area contributed by atoms with Crippen molar-refractivity contribution in [3.05, 3.63) is 82.8 Å². The van der Waals surface area contributed by atoms with E-state index in [0.29, 0.717) is 30.3 Å². The molecule has 0 aliphatic heterocycles. The van der Waals surface area contributed by atoms with Gasteiger partial charge in [-0.25, -0.2) is 4.98 Å². The van der Waals surface area contributed by atoms with Gasteiger partial charge in [0.15, 0.2) is 0 Å². The van der Waals surface area contributed by atoms with Crippen LogP contribution in [0.3, 0.4) is 0 Å². The van der Waals surface area contributed by atoms with Crippen LogP contribution >= 0.6 is 0 Å². The number of aryl methyl sites for hydroxylation is 1. The third-order valence-electron chi connectivity index (χ3n) is 5.95. The summed E-state index contributed by atoms with van der Waals surface area (Å²) >= 11 is 0. The lowest BCUT2D eigenvalue weighted by Crippen LogP contribution is -2.27. The lowest BCUT2D eigenvalue weighted by Gasteiger charge is -2.18. The second-order valence-electron chi connectivity index (χ2n) is 8.14. The van der Waals surface area contributed by atoms with Crippen LogP contribution in [0, 0.1) is 0 Å². The van der Waals surface area contributed by atoms with Crippen LogP contribution in [0.5, 0.6) is 5.75 Å². The Hall–Kier alpha value is -3.71. The van der Waals surface area contributed by atoms with E-state index in [4.69, 9.17) is 4.74 Å². The highest BCUT2D eigenvalue weighted by molar-refractivity contribution is 5.81. The standard InChI is InChI=1S/C27H31N5O2/c1-4-32(5-2)14-15-34-23-13-9-10-20(16-23)18-28-27-29-19-22-17-24(21-11-7-6-8-12-21)26(33)31(3)25(22)30-27/h6-13,16-17,19H,4-5,14-15,18H2,1-3H3,(H,28,29,30). The van der Waals surface area contributed by atoms with Crippen LogP contribution in [-0.4, -0.2) is 45.7 Å². The molecule has 2 heterocycles. The molecule has 0 aliphatic rings. The predicted octanol–water partition coefficient (Wildman–Crippen LogP) is 4.33. The maximum absolute atomic E-state index is 12.9. The van der Waals surface area contributed by atoms with E-state index in [1.165, 1.54) is 0 Å². The molecule has 0 spiro atoms. The number of nitrogens with one attached hydrogen (secondary N) is 1. The predicted molar refractivity (Wildman–Crippen MR) is 137 cm³/mol. The Kier molecular flexibility index (Phi) is 7.54. The molecule has 4 rings (SSSR count). The first-order valence-electron chi connectivity index (χ1n) is 11.7. The normalized spacial score (nSPS) is 11.2. The zero-order valence-corrected chi connectivity index (χ0v) is 20.0. The maximum atomic E-state index is 12.9. The van der Waals surface area contributed by atoms with Gasteiger partial charge >= 0.3 is 0 Å². The molecule has 0 atom stereocenters. The number of likely N-dealkylation sites (N-methyl/N-ethyl adjacent to an activating group) is 1. The van der Waals surface area contributed by atoms with Crippen molar-refractivity contribution < 1.29 is 4.74 Å². The Morgan fingerprint density at radius 1 is 1.03 bits per heavy atom. The summed E-state index contributed by atoms with van der Waals surface area (Å²) in [6.45, 7) is 8.48. The molecule has 2 aromatic carbocycles. The monoisotopic (exact) mass is 457 g/mol. The number of pyridine rings is 1. The average molecular weight is 458 g/mol. The second kappa shape index (κ2) is 10.9. The number of rotatable bonds is 10. The van der Waals surface area contributed by atoms with Gasteiger partial charge in [-0.15, -0.1) is 0 Å². The van der Waals surface area contributed by atoms with E-state index in [9.17, 15) is 4.79 Å². The molecular weight excluding hydrogens is 426 g/mol. The summed E-state index contributed by atoms with van der Waals surface area (Å²) < 4.78 is 7.51. The average Bonchev–Trinajstić information content (AvgIpc) is 2.88. The molecule has 34 heavy (non-hydrogen) atoms. The molecule has 176 valence electrons. The van der Waals surface area contributed by atoms with Crippen molar-refractivity contribution in [1.82, 2.24) is 19.4 Å². The van der Waals surface area contributed by atoms with Gasteiger partial charge in [-0.3, -0.25) is 9.36 Å². The number of aromatic nitrogens is 3. The summed E-state index contributed by atoms with van der Waals surface area (Å²) in [5, 5.41) is 4.08. The molecule has 0 radical (unpaired) electrons. The molecule has 0 saturated heterocycles. The molecule has 2 aromatic heterocycles. The number of fused-ring (bicyclic) bond motifs is 1. The van der Waals surface area contributed by atoms with Gasteiger partial charge in [0.05, 0.1) is 0 Å². The minimum Gasteiger partial charge on any atom is -0.492 e. The van der Waals surface area contributed by atoms with Gasteiger partial charge in [-0.2, -0.15) is 4.98 Å². The fourth-order valence-electron chi connectivity index (χ4n) is 3.92. The van der Waals surface area contributed by atoms with E-state index in [1.807, 2.05) is 60.7 Å². The van der Waals surface area contributed by atoms with Crippen LogP contribution in [0.25, 0.3) is 22.2 Å². The van der Waals surface area contributed by atoms with E-state index in [2.05, 4.69) is 34.0 Å². The Bertz CT molecular complexity index is 1300. The molecule has 4 aromatic rings. The van der Waals surface area contributed by atoms with Crippen molar-refractivity contribution in [1.29, 1.82) is 0 Å². The van der Waals surface area contributed by atoms with Crippen LogP contribution < -0.4 is 15.6 Å². The van der Waals surface area contributed by atoms with Crippen molar-refractivity contribution >= 4 is 17.0 Å². The maximum Gasteiger partial charge on any atom is 0.259 e. The van der Waals surface area contributed by atoms with Crippen molar-refractivity contribution in [2.24, 2.45) is 7.05 Å². The van der Waals surface area contributed by atoms with E-state index in [-0.39, 0.29) is 5.56 Å². The lowest BCUT2D eigenvalue weighted by atomic mass is 10.1. The summed E-state index contributed by atoms with van der Waals surface area (Å²) in [5.74, 6) is 1.32. The van der Waals surface area contributed by atoms with Gasteiger partial charge in [0.1, 0.15) is 18.0 Å². The second-order valence-corrected chi connectivity index (χ2v) is 8.14. The summed E-state index contributed by atoms with van der Waals surface area (Å²) in [7, 11) is 1.74. The quantitative estimate of drug-likeness (QED) is 0.382. The van der Waals surface area contributed by atoms with Gasteiger partial charge in [-0.05, 0) is 42.4 Å². The van der Waals surface area contributed by atoms with Crippen LogP contribution in [0.2, 0.25) is 0 Å². The van der Waals surface area contributed by atoms with E-state index in [0.717, 1.165) is 41.9 Å². The first-order valence-corrected chi connectivity index (χ1v) is 11.7. The number of anilines is 1. The molecule has 7 nitrogen and oxygen atoms in total. The van der Waals surface area contributed by atoms with Crippen molar-refractivity contribution in [3.8, 4) is 16.9 Å². The number of benzene rings is 2. The van der Waals surface area contributed by atoms with Crippen molar-refractivity contribution in [3.63, 3.8) is 0 Å². The van der Waals surface area contributed by atoms with Crippen molar-refractivity contribution in [2.45, 2.75) is 20.4 Å². The van der Waals surface area contributed by atoms with E-state index < -0.39 is 0 Å². The molecule has 0 fully saturated rings. The fourth-order valence-corrected chi connectivity index (χ4v) is 3.92. The first-order chi connectivity index (χ1) is 16.6. The van der Waals surface area contributed by atoms with Crippen LogP contribution in [-0.2, 0) is 13.6 Å². The fraction of sp³-hybridized carbons (Fsp3) is 0.296. The lowest BCUT2D eigenvalue weighted by molar-refractivity contribution is 0.222. The van der Waals surface area contributed by atoms with Crippen LogP contribution in [0.1, 0.15) is 19.4 Å². The molecule has 0 amide bonds. The minimum atomic E-state index is -0.0853. The zero-order chi connectivity index (χ0) is 23.9. The topological polar surface area (TPSA) is 72.3 Å². The Morgan fingerprint density at radius 2 is 1.82 bits per heavy atom. The molecule has 7 heteroatoms. The number of nitrogens with zero attached hydrogens (tertiary/aromatic N) is 4. The molecule has 0 unspecified atom stereocenters. The van der Waals surface area contributed by atoms with Gasteiger partial charge in [-0.1, -0.05) is 56.3 Å². The number of ether oxygens (including phenoxy) is 1. The number of hydrogen-bond donors (Lipinski definition) is 1. The van der Waals surface area contributed by atoms with Gasteiger partial charge < -0.3 is 15.0 Å². The highest BCUT2D eigenvalue weighted by Gasteiger charge is 2.11. The Balaban J connectivity index is 1.46. The van der Waals surface area contributed by atoms with Crippen LogP contribution in [0.4, 0.5) is 5.95 Å². The largest absolute Gasteiger partial charge is 0.492 e. The minimum absolute atomic E-state index is 0.0853. The summed E-state index contributed by atoms with van der Waals surface area (Å²) in [6, 6.07) is 19.5. The molecule has 1 N–H and O–H groups in total. The highest BCUT2D eigenvalue weighted by atomic mass is 16.5. The van der Waals surface area contributed by atoms with E-state index >= 15 is 0 Å². The molecule has 0 saturated carbocycles. The third kappa shape index (κ3) is 5.43. The highest BCUT2D eigenvalue weighted by Crippen LogP contribution is 2.20. The molecule has 0 bridgehead atoms. The Morgan fingerprint density at radius 3 is 2.59 bits per heavy atom. The summed E-state index contributed by atoms with van der Waals surface area (Å²) in [5.41, 5.74) is 3.09. The van der Waals surface area contributed by atoms with Gasteiger partial charge in [0.25, 0.3) is 5.56 Å². The van der Waals surface area contributed by atoms with Crippen LogP contribution in [0.15, 0.2) is 71.7 Å². The van der Waals surface area contributed by atoms with Gasteiger partial charge in [0.2, 0.25) is 5.95 Å². The first kappa shape index (κ1) is 23.4. The summed E-state index contributed by atoms with van der Waals surface area (Å²) in [6.07, 6.45) is 1.75. The van der Waals surface area contributed by atoms with Gasteiger partial charge in [0, 0.05) is 37.3 Å². The smallest absolute Gasteiger partial charge is 0.259 e. The SMILES string of the molecule is CCN(CC)CCOc1cccc(CNc2ncc3cc(-c4ccccc4)c(=O)n(C)c3n2)c1. The summed E-state index contributed by atoms with van der Waals surface area (Å²) in [4.78, 5) is 24.3.